The minimum Gasteiger partial charge on any atom is -0.198 e. The summed E-state index contributed by atoms with van der Waals surface area (Å²) in [7, 11) is 0. The average Bonchev–Trinajstić information content (AvgIpc) is 2.18. The molecule has 0 unspecified atom stereocenters. The van der Waals surface area contributed by atoms with Gasteiger partial charge in [0.05, 0.1) is 6.07 Å². The van der Waals surface area contributed by atoms with E-state index in [0.29, 0.717) is 12.3 Å². The van der Waals surface area contributed by atoms with Crippen molar-refractivity contribution in [1.82, 2.24) is 0 Å². The molecule has 0 amide bonds. The van der Waals surface area contributed by atoms with Gasteiger partial charge in [-0.25, -0.2) is 0 Å². The summed E-state index contributed by atoms with van der Waals surface area (Å²) in [6.07, 6.45) is 0.576. The van der Waals surface area contributed by atoms with Crippen LogP contribution in [-0.4, -0.2) is 0 Å². The van der Waals surface area contributed by atoms with Gasteiger partial charge >= 0.3 is 0 Å². The van der Waals surface area contributed by atoms with Gasteiger partial charge in [-0.05, 0) is 24.0 Å². The Kier molecular flexibility index (Phi) is 3.48. The summed E-state index contributed by atoms with van der Waals surface area (Å²) >= 11 is 0. The van der Waals surface area contributed by atoms with Crippen LogP contribution in [0.5, 0.6) is 0 Å². The molecule has 1 atom stereocenters. The summed E-state index contributed by atoms with van der Waals surface area (Å²) in [5.74, 6) is 0.319. The first-order chi connectivity index (χ1) is 6.65. The second-order valence-corrected chi connectivity index (χ2v) is 3.67. The van der Waals surface area contributed by atoms with E-state index in [2.05, 4.69) is 43.8 Å². The van der Waals surface area contributed by atoms with Crippen molar-refractivity contribution < 1.29 is 0 Å². The molecule has 0 spiro atoms. The van der Waals surface area contributed by atoms with E-state index in [-0.39, 0.29) is 0 Å². The molecule has 1 aromatic rings. The van der Waals surface area contributed by atoms with Crippen molar-refractivity contribution in [2.75, 3.05) is 0 Å². The molecular formula is C13H15N. The Labute approximate surface area is 85.7 Å². The van der Waals surface area contributed by atoms with E-state index < -0.39 is 0 Å². The van der Waals surface area contributed by atoms with Gasteiger partial charge in [-0.3, -0.25) is 0 Å². The predicted molar refractivity (Wildman–Crippen MR) is 59.8 cm³/mol. The fourth-order valence-corrected chi connectivity index (χ4v) is 1.35. The van der Waals surface area contributed by atoms with E-state index in [9.17, 15) is 0 Å². The topological polar surface area (TPSA) is 23.8 Å². The maximum absolute atomic E-state index is 8.58. The van der Waals surface area contributed by atoms with Gasteiger partial charge in [0.15, 0.2) is 0 Å². The smallest absolute Gasteiger partial charge is 0.0628 e. The van der Waals surface area contributed by atoms with Crippen LogP contribution in [0.25, 0.3) is 5.57 Å². The monoisotopic (exact) mass is 185 g/mol. The number of hydrogen-bond donors (Lipinski definition) is 0. The van der Waals surface area contributed by atoms with Crippen molar-refractivity contribution in [2.24, 2.45) is 0 Å². The average molecular weight is 185 g/mol. The van der Waals surface area contributed by atoms with Gasteiger partial charge in [0, 0.05) is 6.42 Å². The molecule has 0 fully saturated rings. The first-order valence-electron chi connectivity index (χ1n) is 4.78. The molecule has 0 aliphatic carbocycles. The summed E-state index contributed by atoms with van der Waals surface area (Å²) in [4.78, 5) is 0. The molecular weight excluding hydrogens is 170 g/mol. The molecule has 1 nitrogen and oxygen atoms in total. The molecule has 1 rings (SSSR count). The van der Waals surface area contributed by atoms with E-state index in [1.165, 1.54) is 5.56 Å². The van der Waals surface area contributed by atoms with Crippen molar-refractivity contribution in [3.8, 4) is 6.07 Å². The largest absolute Gasteiger partial charge is 0.198 e. The molecule has 0 radical (unpaired) electrons. The number of allylic oxidation sites excluding steroid dienone is 1. The zero-order valence-corrected chi connectivity index (χ0v) is 8.75. The predicted octanol–water partition coefficient (Wildman–Crippen LogP) is 3.74. The maximum Gasteiger partial charge on any atom is 0.0628 e. The van der Waals surface area contributed by atoms with E-state index in [1.807, 2.05) is 6.92 Å². The Hall–Kier alpha value is -1.55. The number of nitrogens with zero attached hydrogens (tertiary/aromatic N) is 1. The van der Waals surface area contributed by atoms with Crippen molar-refractivity contribution >= 4 is 5.57 Å². The van der Waals surface area contributed by atoms with Crippen LogP contribution in [0.2, 0.25) is 0 Å². The van der Waals surface area contributed by atoms with Gasteiger partial charge in [0.25, 0.3) is 0 Å². The Morgan fingerprint density at radius 3 is 2.43 bits per heavy atom. The number of hydrogen-bond acceptors (Lipinski definition) is 1. The standard InChI is InChI=1S/C13H15N/c1-10(2)12-4-6-13(7-5-12)11(3)8-9-14/h4-7,11H,1,8H2,2-3H3/t11-/m1/s1. The van der Waals surface area contributed by atoms with E-state index in [1.54, 1.807) is 0 Å². The molecule has 0 aliphatic heterocycles. The number of rotatable bonds is 3. The molecule has 1 aromatic carbocycles. The van der Waals surface area contributed by atoms with Crippen LogP contribution in [0.15, 0.2) is 30.8 Å². The first kappa shape index (κ1) is 10.5. The van der Waals surface area contributed by atoms with Crippen LogP contribution < -0.4 is 0 Å². The highest BCUT2D eigenvalue weighted by molar-refractivity contribution is 5.61. The minimum atomic E-state index is 0.319. The van der Waals surface area contributed by atoms with Crippen LogP contribution in [-0.2, 0) is 0 Å². The highest BCUT2D eigenvalue weighted by atomic mass is 14.2. The van der Waals surface area contributed by atoms with Gasteiger partial charge in [-0.15, -0.1) is 0 Å². The Bertz CT molecular complexity index is 354. The van der Waals surface area contributed by atoms with Gasteiger partial charge < -0.3 is 0 Å². The van der Waals surface area contributed by atoms with Crippen LogP contribution in [0.3, 0.4) is 0 Å². The van der Waals surface area contributed by atoms with Gasteiger partial charge in [0.2, 0.25) is 0 Å². The quantitative estimate of drug-likeness (QED) is 0.703. The highest BCUT2D eigenvalue weighted by Crippen LogP contribution is 2.20. The molecule has 0 aromatic heterocycles. The Morgan fingerprint density at radius 2 is 2.00 bits per heavy atom. The summed E-state index contributed by atoms with van der Waals surface area (Å²) in [5, 5.41) is 8.58. The van der Waals surface area contributed by atoms with Crippen molar-refractivity contribution in [2.45, 2.75) is 26.2 Å². The molecule has 0 N–H and O–H groups in total. The zero-order chi connectivity index (χ0) is 10.6. The minimum absolute atomic E-state index is 0.319. The first-order valence-corrected chi connectivity index (χ1v) is 4.78. The van der Waals surface area contributed by atoms with E-state index in [0.717, 1.165) is 11.1 Å². The maximum atomic E-state index is 8.58. The van der Waals surface area contributed by atoms with Crippen molar-refractivity contribution in [3.63, 3.8) is 0 Å². The molecule has 0 saturated heterocycles. The number of nitriles is 1. The van der Waals surface area contributed by atoms with E-state index >= 15 is 0 Å². The van der Waals surface area contributed by atoms with Crippen LogP contribution in [0.4, 0.5) is 0 Å². The zero-order valence-electron chi connectivity index (χ0n) is 8.75. The second-order valence-electron chi connectivity index (χ2n) is 3.67. The molecule has 0 aliphatic rings. The summed E-state index contributed by atoms with van der Waals surface area (Å²) in [5.41, 5.74) is 3.46. The second kappa shape index (κ2) is 4.62. The molecule has 1 heteroatoms. The molecule has 0 saturated carbocycles. The summed E-state index contributed by atoms with van der Waals surface area (Å²) in [6, 6.07) is 10.5. The molecule has 14 heavy (non-hydrogen) atoms. The van der Waals surface area contributed by atoms with Crippen molar-refractivity contribution in [3.05, 3.63) is 42.0 Å². The fraction of sp³-hybridized carbons (Fsp3) is 0.308. The van der Waals surface area contributed by atoms with Crippen LogP contribution >= 0.6 is 0 Å². The highest BCUT2D eigenvalue weighted by Gasteiger charge is 2.04. The normalized spacial score (nSPS) is 11.8. The van der Waals surface area contributed by atoms with Crippen molar-refractivity contribution in [1.29, 1.82) is 5.26 Å². The van der Waals surface area contributed by atoms with Crippen LogP contribution in [0, 0.1) is 11.3 Å². The lowest BCUT2D eigenvalue weighted by molar-refractivity contribution is 0.789. The van der Waals surface area contributed by atoms with Gasteiger partial charge in [0.1, 0.15) is 0 Å². The third-order valence-electron chi connectivity index (χ3n) is 2.37. The third-order valence-corrected chi connectivity index (χ3v) is 2.37. The summed E-state index contributed by atoms with van der Waals surface area (Å²) in [6.45, 7) is 7.95. The lowest BCUT2D eigenvalue weighted by Crippen LogP contribution is -1.91. The van der Waals surface area contributed by atoms with Gasteiger partial charge in [-0.1, -0.05) is 43.3 Å². The lowest BCUT2D eigenvalue weighted by atomic mass is 9.96. The Morgan fingerprint density at radius 1 is 1.43 bits per heavy atom. The van der Waals surface area contributed by atoms with Crippen LogP contribution in [0.1, 0.15) is 37.3 Å². The lowest BCUT2D eigenvalue weighted by Gasteiger charge is -2.08. The molecule has 72 valence electrons. The SMILES string of the molecule is C=C(C)c1ccc([C@H](C)CC#N)cc1. The Balaban J connectivity index is 2.84. The molecule has 0 bridgehead atoms. The molecule has 0 heterocycles. The van der Waals surface area contributed by atoms with Gasteiger partial charge in [-0.2, -0.15) is 5.26 Å². The summed E-state index contributed by atoms with van der Waals surface area (Å²) < 4.78 is 0. The fourth-order valence-electron chi connectivity index (χ4n) is 1.35. The number of benzene rings is 1. The van der Waals surface area contributed by atoms with E-state index in [4.69, 9.17) is 5.26 Å². The third kappa shape index (κ3) is 2.47.